The molecule has 1 aromatic heterocycles. The molecule has 7 aliphatic rings. The maximum Gasteiger partial charge on any atom is 0.375 e. The van der Waals surface area contributed by atoms with E-state index in [1.54, 1.807) is 13.8 Å². The number of aliphatic hydroxyl groups excluding tert-OH is 1. The minimum atomic E-state index is -2.35. The largest absolute Gasteiger partial charge is 0.457 e. The number of hydrogen-bond donors (Lipinski definition) is 2. The van der Waals surface area contributed by atoms with Crippen LogP contribution in [0.25, 0.3) is 0 Å². The third kappa shape index (κ3) is 7.89. The van der Waals surface area contributed by atoms with Gasteiger partial charge in [-0.3, -0.25) is 9.59 Å². The monoisotopic (exact) mass is 966 g/mol. The third-order valence-electron chi connectivity index (χ3n) is 17.8. The molecular formula is C56H63F3NO8S+. The fourth-order valence-electron chi connectivity index (χ4n) is 14.1. The minimum absolute atomic E-state index is 0.00739. The van der Waals surface area contributed by atoms with Crippen LogP contribution in [0.1, 0.15) is 86.5 Å². The van der Waals surface area contributed by atoms with Gasteiger partial charge in [0.1, 0.15) is 24.3 Å². The lowest BCUT2D eigenvalue weighted by Gasteiger charge is -2.63. The molecule has 4 heterocycles. The van der Waals surface area contributed by atoms with Crippen molar-refractivity contribution in [1.82, 2.24) is 0 Å². The van der Waals surface area contributed by atoms with E-state index >= 15 is 8.78 Å². The highest BCUT2D eigenvalue weighted by Gasteiger charge is 2.78. The number of rotatable bonds is 12. The van der Waals surface area contributed by atoms with Gasteiger partial charge in [-0.1, -0.05) is 111 Å². The van der Waals surface area contributed by atoms with E-state index in [0.29, 0.717) is 18.4 Å². The first-order chi connectivity index (χ1) is 33.0. The van der Waals surface area contributed by atoms with Crippen molar-refractivity contribution in [2.45, 2.75) is 95.0 Å². The summed E-state index contributed by atoms with van der Waals surface area (Å²) >= 11 is 0.352. The van der Waals surface area contributed by atoms with Crippen LogP contribution in [0.3, 0.4) is 0 Å². The third-order valence-corrected chi connectivity index (χ3v) is 18.5. The van der Waals surface area contributed by atoms with Crippen molar-refractivity contribution in [3.63, 3.8) is 0 Å². The Bertz CT molecular complexity index is 2500. The van der Waals surface area contributed by atoms with Gasteiger partial charge in [-0.15, -0.1) is 0 Å². The normalized spacial score (nSPS) is 35.4. The van der Waals surface area contributed by atoms with Crippen molar-refractivity contribution in [1.29, 1.82) is 0 Å². The Kier molecular flexibility index (Phi) is 13.4. The number of fused-ring (bicyclic) bond motifs is 8. The van der Waals surface area contributed by atoms with Crippen molar-refractivity contribution in [2.75, 3.05) is 38.8 Å². The molecule has 9 nitrogen and oxygen atoms in total. The average molecular weight is 967 g/mol. The number of aliphatic hydroxyl groups is 2. The number of carbonyl (C=O) groups excluding carboxylic acids is 3. The SMILES string of the molecule is C[C@@H]1C[C@H]2[C@@H]3C[C@H](F)C4=CC(=O)C=C[C@]4(C)[C@@]3(F)[C@@H](O)C[C@]2(C)[C@@]1(OC(=O)c1ccco1)C(=O)SCF.OC(c1ccccc1)(c1ccccc1)C12CC[N+](CCOCc3ccccc3)(CC1)CC2. The highest BCUT2D eigenvalue weighted by molar-refractivity contribution is 8.13. The van der Waals surface area contributed by atoms with Crippen LogP contribution in [0.5, 0.6) is 0 Å². The zero-order valence-corrected chi connectivity index (χ0v) is 40.4. The van der Waals surface area contributed by atoms with Crippen molar-refractivity contribution in [3.8, 4) is 0 Å². The van der Waals surface area contributed by atoms with Crippen molar-refractivity contribution in [3.05, 3.63) is 156 Å². The van der Waals surface area contributed by atoms with E-state index < -0.39 is 80.6 Å². The fourth-order valence-corrected chi connectivity index (χ4v) is 14.9. The van der Waals surface area contributed by atoms with Gasteiger partial charge in [0, 0.05) is 47.3 Å². The number of benzene rings is 3. The van der Waals surface area contributed by atoms with Crippen molar-refractivity contribution < 1.29 is 56.1 Å². The van der Waals surface area contributed by atoms with Gasteiger partial charge in [-0.2, -0.15) is 0 Å². The number of thioether (sulfide) groups is 1. The second kappa shape index (κ2) is 18.8. The molecule has 69 heavy (non-hydrogen) atoms. The number of carbonyl (C=O) groups is 3. The molecule has 0 unspecified atom stereocenters. The van der Waals surface area contributed by atoms with Gasteiger partial charge >= 0.3 is 5.97 Å². The Hall–Kier alpha value is -4.79. The zero-order chi connectivity index (χ0) is 48.9. The molecule has 11 rings (SSSR count). The second-order valence-electron chi connectivity index (χ2n) is 20.9. The predicted octanol–water partition coefficient (Wildman–Crippen LogP) is 10.1. The number of quaternary nitrogens is 1. The van der Waals surface area contributed by atoms with Gasteiger partial charge < -0.3 is 28.6 Å². The number of furan rings is 1. The molecule has 0 amide bonds. The highest BCUT2D eigenvalue weighted by atomic mass is 32.2. The number of nitrogens with zero attached hydrogens (tertiary/aromatic N) is 1. The van der Waals surface area contributed by atoms with Gasteiger partial charge in [0.25, 0.3) is 0 Å². The molecule has 0 spiro atoms. The maximum atomic E-state index is 17.4. The Morgan fingerprint density at radius 2 is 1.49 bits per heavy atom. The van der Waals surface area contributed by atoms with Crippen LogP contribution < -0.4 is 0 Å². The molecule has 3 aromatic carbocycles. The summed E-state index contributed by atoms with van der Waals surface area (Å²) < 4.78 is 64.7. The summed E-state index contributed by atoms with van der Waals surface area (Å²) in [6, 6.07) is 32.9. The number of allylic oxidation sites excluding steroid dienone is 4. The number of ketones is 1. The Labute approximate surface area is 406 Å². The minimum Gasteiger partial charge on any atom is -0.457 e. The summed E-state index contributed by atoms with van der Waals surface area (Å²) in [5, 5.41) is 23.2. The first-order valence-electron chi connectivity index (χ1n) is 24.3. The molecule has 2 bridgehead atoms. The standard InChI is InChI=1S/C29H34NO2.C27H29F3O6S/c31-29(26-12-6-2-7-13-26,27-14-8-3-9-15-27)28-16-19-30(20-17-28,21-18-28)22-23-32-24-25-10-4-1-5-11-25;1-14-9-16-17-11-19(29)18-10-15(31)6-7-24(18,2)26(17,30)21(32)12-25(16,3)27(14,23(34)37-13-28)36-22(33)20-5-4-8-35-20/h1-15,31H,16-24H2;4-8,10,14,16-17,19,21,32H,9,11-13H2,1-3H3/q+1;/t;14-,16+,17+,19+,21+,24+,25+,26+,27+/m.1/s1. The highest BCUT2D eigenvalue weighted by Crippen LogP contribution is 2.72. The van der Waals surface area contributed by atoms with Crippen LogP contribution in [0.2, 0.25) is 0 Å². The fraction of sp³-hybridized carbons (Fsp3) is 0.482. The number of ether oxygens (including phenoxy) is 2. The molecule has 4 aliphatic carbocycles. The first kappa shape index (κ1) is 49.2. The molecule has 366 valence electrons. The van der Waals surface area contributed by atoms with Crippen LogP contribution in [0.15, 0.2) is 138 Å². The summed E-state index contributed by atoms with van der Waals surface area (Å²) in [6.45, 7) is 10.7. The summed E-state index contributed by atoms with van der Waals surface area (Å²) in [5.41, 5.74) is -4.96. The van der Waals surface area contributed by atoms with Crippen LogP contribution in [0.4, 0.5) is 13.2 Å². The van der Waals surface area contributed by atoms with E-state index in [2.05, 4.69) is 72.8 Å². The smallest absolute Gasteiger partial charge is 0.375 e. The van der Waals surface area contributed by atoms with Gasteiger partial charge in [-0.05, 0) is 90.4 Å². The molecule has 2 N–H and O–H groups in total. The molecule has 3 saturated heterocycles. The summed E-state index contributed by atoms with van der Waals surface area (Å²) in [5.74, 6) is -3.98. The van der Waals surface area contributed by atoms with Gasteiger partial charge in [0.05, 0.1) is 45.2 Å². The number of esters is 1. The van der Waals surface area contributed by atoms with E-state index in [1.165, 1.54) is 43.0 Å². The summed E-state index contributed by atoms with van der Waals surface area (Å²) in [4.78, 5) is 38.7. The van der Waals surface area contributed by atoms with Crippen LogP contribution in [-0.4, -0.2) is 93.9 Å². The molecule has 3 saturated carbocycles. The van der Waals surface area contributed by atoms with Crippen LogP contribution >= 0.6 is 11.8 Å². The van der Waals surface area contributed by atoms with E-state index in [1.807, 2.05) is 18.2 Å². The Morgan fingerprint density at radius 3 is 2.07 bits per heavy atom. The second-order valence-corrected chi connectivity index (χ2v) is 21.8. The van der Waals surface area contributed by atoms with E-state index in [4.69, 9.17) is 13.9 Å². The Balaban J connectivity index is 0.000000174. The average Bonchev–Trinajstić information content (AvgIpc) is 3.99. The number of halogens is 3. The zero-order valence-electron chi connectivity index (χ0n) is 39.5. The van der Waals surface area contributed by atoms with Gasteiger partial charge in [-0.25, -0.2) is 18.0 Å². The summed E-state index contributed by atoms with van der Waals surface area (Å²) in [6.07, 6.45) is 4.30. The molecular weight excluding hydrogens is 904 g/mol. The number of piperidine rings is 3. The molecule has 0 radical (unpaired) electrons. The molecule has 9 atom stereocenters. The van der Waals surface area contributed by atoms with E-state index in [0.717, 1.165) is 73.7 Å². The van der Waals surface area contributed by atoms with Crippen molar-refractivity contribution >= 4 is 28.6 Å². The lowest BCUT2D eigenvalue weighted by molar-refractivity contribution is -0.946. The molecule has 4 aromatic rings. The van der Waals surface area contributed by atoms with E-state index in [9.17, 15) is 29.0 Å². The van der Waals surface area contributed by atoms with Crippen LogP contribution in [-0.2, 0) is 31.3 Å². The Morgan fingerprint density at radius 1 is 0.884 bits per heavy atom. The molecule has 3 aliphatic heterocycles. The van der Waals surface area contributed by atoms with Crippen molar-refractivity contribution in [2.24, 2.45) is 34.0 Å². The van der Waals surface area contributed by atoms with Crippen LogP contribution in [0, 0.1) is 34.0 Å². The number of hydrogen-bond acceptors (Lipinski definition) is 9. The van der Waals surface area contributed by atoms with Gasteiger partial charge in [0.2, 0.25) is 10.9 Å². The van der Waals surface area contributed by atoms with E-state index in [-0.39, 0.29) is 36.0 Å². The van der Waals surface area contributed by atoms with Gasteiger partial charge in [0.15, 0.2) is 17.1 Å². The topological polar surface area (TPSA) is 123 Å². The molecule has 13 heteroatoms. The molecule has 6 fully saturated rings. The lowest BCUT2D eigenvalue weighted by Crippen LogP contribution is -2.70. The maximum absolute atomic E-state index is 17.4. The first-order valence-corrected chi connectivity index (χ1v) is 25.3. The quantitative estimate of drug-likeness (QED) is 0.0812. The predicted molar refractivity (Wildman–Crippen MR) is 257 cm³/mol. The summed E-state index contributed by atoms with van der Waals surface area (Å²) in [7, 11) is 0. The lowest BCUT2D eigenvalue weighted by atomic mass is 9.44. The number of alkyl halides is 3.